The van der Waals surface area contributed by atoms with E-state index in [1.807, 2.05) is 24.3 Å². The fourth-order valence-electron chi connectivity index (χ4n) is 1.88. The number of H-pyrrole nitrogens is 1. The molecule has 0 atom stereocenters. The van der Waals surface area contributed by atoms with Crippen LogP contribution in [0.2, 0.25) is 0 Å². The van der Waals surface area contributed by atoms with Gasteiger partial charge in [-0.1, -0.05) is 12.1 Å². The summed E-state index contributed by atoms with van der Waals surface area (Å²) in [4.78, 5) is 4.13. The fourth-order valence-corrected chi connectivity index (χ4v) is 1.88. The van der Waals surface area contributed by atoms with E-state index in [9.17, 15) is 0 Å². The van der Waals surface area contributed by atoms with Crippen molar-refractivity contribution in [3.63, 3.8) is 0 Å². The third kappa shape index (κ3) is 1.63. The van der Waals surface area contributed by atoms with Gasteiger partial charge in [-0.2, -0.15) is 5.10 Å². The van der Waals surface area contributed by atoms with Crippen LogP contribution in [0.3, 0.4) is 0 Å². The average Bonchev–Trinajstić information content (AvgIpc) is 2.85. The molecule has 0 saturated heterocycles. The Labute approximate surface area is 98.3 Å². The lowest BCUT2D eigenvalue weighted by atomic mass is 10.1. The van der Waals surface area contributed by atoms with Gasteiger partial charge in [0, 0.05) is 23.3 Å². The average molecular weight is 225 g/mol. The molecular weight excluding hydrogens is 214 g/mol. The molecule has 4 nitrogen and oxygen atoms in total. The summed E-state index contributed by atoms with van der Waals surface area (Å²) in [5.41, 5.74) is 3.05. The summed E-state index contributed by atoms with van der Waals surface area (Å²) in [6, 6.07) is 7.96. The number of aromatic nitrogens is 3. The van der Waals surface area contributed by atoms with Crippen molar-refractivity contribution in [1.82, 2.24) is 15.2 Å². The van der Waals surface area contributed by atoms with E-state index < -0.39 is 0 Å². The van der Waals surface area contributed by atoms with Crippen LogP contribution in [0.25, 0.3) is 22.0 Å². The zero-order valence-electron chi connectivity index (χ0n) is 9.34. The number of nitrogens with zero attached hydrogens (tertiary/aromatic N) is 2. The van der Waals surface area contributed by atoms with Crippen LogP contribution in [0.1, 0.15) is 0 Å². The molecule has 17 heavy (non-hydrogen) atoms. The highest BCUT2D eigenvalue weighted by molar-refractivity contribution is 5.84. The van der Waals surface area contributed by atoms with Gasteiger partial charge in [0.05, 0.1) is 18.8 Å². The molecule has 2 aromatic heterocycles. The number of fused-ring (bicyclic) bond motifs is 1. The maximum atomic E-state index is 5.33. The summed E-state index contributed by atoms with van der Waals surface area (Å²) in [5, 5.41) is 8.06. The van der Waals surface area contributed by atoms with Crippen molar-refractivity contribution in [2.75, 3.05) is 7.11 Å². The molecule has 84 valence electrons. The number of pyridine rings is 1. The molecule has 0 aliphatic heterocycles. The second kappa shape index (κ2) is 3.90. The van der Waals surface area contributed by atoms with Crippen LogP contribution in [0, 0.1) is 0 Å². The van der Waals surface area contributed by atoms with Crippen LogP contribution < -0.4 is 4.74 Å². The highest BCUT2D eigenvalue weighted by Gasteiger charge is 2.06. The normalized spacial score (nSPS) is 10.6. The van der Waals surface area contributed by atoms with Gasteiger partial charge in [-0.15, -0.1) is 0 Å². The van der Waals surface area contributed by atoms with Gasteiger partial charge in [0.25, 0.3) is 0 Å². The molecule has 0 bridgehead atoms. The largest absolute Gasteiger partial charge is 0.496 e. The van der Waals surface area contributed by atoms with Crippen molar-refractivity contribution >= 4 is 10.9 Å². The highest BCUT2D eigenvalue weighted by Crippen LogP contribution is 2.30. The number of ether oxygens (including phenoxy) is 1. The summed E-state index contributed by atoms with van der Waals surface area (Å²) >= 11 is 0. The molecular formula is C13H11N3O. The van der Waals surface area contributed by atoms with E-state index in [1.165, 1.54) is 0 Å². The van der Waals surface area contributed by atoms with Crippen molar-refractivity contribution in [1.29, 1.82) is 0 Å². The lowest BCUT2D eigenvalue weighted by Crippen LogP contribution is -1.88. The minimum Gasteiger partial charge on any atom is -0.496 e. The Morgan fingerprint density at radius 1 is 1.18 bits per heavy atom. The molecule has 1 aromatic carbocycles. The van der Waals surface area contributed by atoms with E-state index in [-0.39, 0.29) is 0 Å². The summed E-state index contributed by atoms with van der Waals surface area (Å²) < 4.78 is 5.33. The Morgan fingerprint density at radius 3 is 3.00 bits per heavy atom. The Morgan fingerprint density at radius 2 is 2.12 bits per heavy atom. The van der Waals surface area contributed by atoms with E-state index in [4.69, 9.17) is 4.74 Å². The topological polar surface area (TPSA) is 50.8 Å². The Bertz CT molecular complexity index is 660. The standard InChI is InChI=1S/C13H11N3O/c1-17-13-4-5-14-8-11(13)9-2-3-10-7-15-16-12(10)6-9/h2-8H,1H3,(H,15,16). The van der Waals surface area contributed by atoms with Crippen molar-refractivity contribution in [3.8, 4) is 16.9 Å². The van der Waals surface area contributed by atoms with E-state index in [1.54, 1.807) is 25.7 Å². The van der Waals surface area contributed by atoms with Crippen LogP contribution in [0.15, 0.2) is 42.9 Å². The van der Waals surface area contributed by atoms with E-state index in [0.29, 0.717) is 0 Å². The first-order valence-corrected chi connectivity index (χ1v) is 5.30. The summed E-state index contributed by atoms with van der Waals surface area (Å²) in [5.74, 6) is 0.818. The zero-order valence-corrected chi connectivity index (χ0v) is 9.34. The zero-order chi connectivity index (χ0) is 11.7. The third-order valence-corrected chi connectivity index (χ3v) is 2.75. The van der Waals surface area contributed by atoms with Crippen molar-refractivity contribution in [2.45, 2.75) is 0 Å². The quantitative estimate of drug-likeness (QED) is 0.729. The van der Waals surface area contributed by atoms with Crippen LogP contribution in [0.5, 0.6) is 5.75 Å². The minimum atomic E-state index is 0.818. The first kappa shape index (κ1) is 9.84. The molecule has 0 spiro atoms. The molecule has 2 heterocycles. The molecule has 0 amide bonds. The first-order valence-electron chi connectivity index (χ1n) is 5.30. The van der Waals surface area contributed by atoms with Gasteiger partial charge in [0.15, 0.2) is 0 Å². The van der Waals surface area contributed by atoms with Gasteiger partial charge in [-0.3, -0.25) is 10.1 Å². The highest BCUT2D eigenvalue weighted by atomic mass is 16.5. The first-order chi connectivity index (χ1) is 8.38. The summed E-state index contributed by atoms with van der Waals surface area (Å²) in [6.45, 7) is 0. The molecule has 3 aromatic rings. The van der Waals surface area contributed by atoms with Crippen molar-refractivity contribution in [2.24, 2.45) is 0 Å². The number of aromatic amines is 1. The number of hydrogen-bond acceptors (Lipinski definition) is 3. The molecule has 0 saturated carbocycles. The Balaban J connectivity index is 2.19. The van der Waals surface area contributed by atoms with E-state index in [2.05, 4.69) is 15.2 Å². The molecule has 0 fully saturated rings. The molecule has 0 aliphatic rings. The lowest BCUT2D eigenvalue weighted by molar-refractivity contribution is 0.416. The second-order valence-electron chi connectivity index (χ2n) is 3.75. The Kier molecular flexibility index (Phi) is 2.26. The molecule has 1 N–H and O–H groups in total. The fraction of sp³-hybridized carbons (Fsp3) is 0.0769. The van der Waals surface area contributed by atoms with Crippen molar-refractivity contribution < 1.29 is 4.74 Å². The minimum absolute atomic E-state index is 0.818. The number of benzene rings is 1. The predicted molar refractivity (Wildman–Crippen MR) is 65.9 cm³/mol. The van der Waals surface area contributed by atoms with Gasteiger partial charge in [0.1, 0.15) is 5.75 Å². The maximum Gasteiger partial charge on any atom is 0.129 e. The van der Waals surface area contributed by atoms with Crippen LogP contribution in [-0.2, 0) is 0 Å². The van der Waals surface area contributed by atoms with Crippen LogP contribution >= 0.6 is 0 Å². The van der Waals surface area contributed by atoms with Crippen LogP contribution in [0.4, 0.5) is 0 Å². The van der Waals surface area contributed by atoms with E-state index >= 15 is 0 Å². The van der Waals surface area contributed by atoms with Gasteiger partial charge < -0.3 is 4.74 Å². The van der Waals surface area contributed by atoms with Crippen LogP contribution in [-0.4, -0.2) is 22.3 Å². The third-order valence-electron chi connectivity index (χ3n) is 2.75. The molecule has 4 heteroatoms. The molecule has 0 radical (unpaired) electrons. The molecule has 3 rings (SSSR count). The van der Waals surface area contributed by atoms with Gasteiger partial charge >= 0.3 is 0 Å². The number of rotatable bonds is 2. The molecule has 0 unspecified atom stereocenters. The monoisotopic (exact) mass is 225 g/mol. The Hall–Kier alpha value is -2.36. The van der Waals surface area contributed by atoms with E-state index in [0.717, 1.165) is 27.8 Å². The molecule has 0 aliphatic carbocycles. The number of hydrogen-bond donors (Lipinski definition) is 1. The van der Waals surface area contributed by atoms with Gasteiger partial charge in [-0.05, 0) is 17.7 Å². The lowest BCUT2D eigenvalue weighted by Gasteiger charge is -2.07. The van der Waals surface area contributed by atoms with Gasteiger partial charge in [-0.25, -0.2) is 0 Å². The van der Waals surface area contributed by atoms with Gasteiger partial charge in [0.2, 0.25) is 0 Å². The van der Waals surface area contributed by atoms with Crippen molar-refractivity contribution in [3.05, 3.63) is 42.9 Å². The maximum absolute atomic E-state index is 5.33. The smallest absolute Gasteiger partial charge is 0.129 e. The predicted octanol–water partition coefficient (Wildman–Crippen LogP) is 2.63. The summed E-state index contributed by atoms with van der Waals surface area (Å²) in [7, 11) is 1.66. The number of nitrogens with one attached hydrogen (secondary N) is 1. The SMILES string of the molecule is COc1ccncc1-c1ccc2cn[nH]c2c1. The second-order valence-corrected chi connectivity index (χ2v) is 3.75. The summed E-state index contributed by atoms with van der Waals surface area (Å²) in [6.07, 6.45) is 5.33. The number of methoxy groups -OCH3 is 1.